The van der Waals surface area contributed by atoms with Crippen molar-refractivity contribution in [1.29, 1.82) is 0 Å². The molecule has 0 aliphatic rings. The summed E-state index contributed by atoms with van der Waals surface area (Å²) in [5.74, 6) is 0.170. The predicted octanol–water partition coefficient (Wildman–Crippen LogP) is 4.01. The summed E-state index contributed by atoms with van der Waals surface area (Å²) in [4.78, 5) is 14.9. The van der Waals surface area contributed by atoms with Crippen molar-refractivity contribution in [1.82, 2.24) is 4.98 Å². The van der Waals surface area contributed by atoms with Crippen LogP contribution in [0.25, 0.3) is 5.57 Å². The van der Waals surface area contributed by atoms with Gasteiger partial charge in [0.15, 0.2) is 0 Å². The van der Waals surface area contributed by atoms with E-state index in [2.05, 4.69) is 11.6 Å². The zero-order chi connectivity index (χ0) is 17.5. The highest BCUT2D eigenvalue weighted by Gasteiger charge is 2.24. The van der Waals surface area contributed by atoms with Crippen molar-refractivity contribution in [2.75, 3.05) is 6.61 Å². The van der Waals surface area contributed by atoms with Gasteiger partial charge in [0.2, 0.25) is 5.75 Å². The topological polar surface area (TPSA) is 74.5 Å². The zero-order valence-corrected chi connectivity index (χ0v) is 13.8. The number of allylic oxidation sites excluding steroid dienone is 1. The van der Waals surface area contributed by atoms with Gasteiger partial charge in [-0.05, 0) is 25.0 Å². The highest BCUT2D eigenvalue weighted by atomic mass is 16.6. The number of nitrogens with zero attached hydrogens (tertiary/aromatic N) is 2. The van der Waals surface area contributed by atoms with Gasteiger partial charge < -0.3 is 9.47 Å². The second-order valence-corrected chi connectivity index (χ2v) is 5.47. The van der Waals surface area contributed by atoms with Crippen molar-refractivity contribution in [3.63, 3.8) is 0 Å². The number of rotatable bonds is 8. The largest absolute Gasteiger partial charge is 0.481 e. The molecule has 0 unspecified atom stereocenters. The Bertz CT molecular complexity index is 716. The Balaban J connectivity index is 2.01. The molecule has 1 aromatic carbocycles. The molecule has 1 atom stereocenters. The van der Waals surface area contributed by atoms with Crippen LogP contribution in [0.5, 0.6) is 5.75 Å². The van der Waals surface area contributed by atoms with E-state index in [1.165, 1.54) is 12.3 Å². The van der Waals surface area contributed by atoms with E-state index in [9.17, 15) is 10.1 Å². The number of hydrogen-bond acceptors (Lipinski definition) is 5. The normalized spacial score (nSPS) is 11.8. The molecule has 6 nitrogen and oxygen atoms in total. The standard InChI is InChI=1S/C18H20N2O4/c1-13(2)17-18(20(21)22)16(9-10-19-17)24-14(3)11-23-12-15-7-5-4-6-8-15/h4-10,14H,1,11-12H2,2-3H3/t14-/m1/s1. The molecule has 0 amide bonds. The Hall–Kier alpha value is -2.73. The summed E-state index contributed by atoms with van der Waals surface area (Å²) in [6, 6.07) is 11.3. The van der Waals surface area contributed by atoms with Crippen LogP contribution < -0.4 is 4.74 Å². The maximum absolute atomic E-state index is 11.3. The highest BCUT2D eigenvalue weighted by Crippen LogP contribution is 2.33. The van der Waals surface area contributed by atoms with Crippen LogP contribution in [0.3, 0.4) is 0 Å². The summed E-state index contributed by atoms with van der Waals surface area (Å²) in [7, 11) is 0. The summed E-state index contributed by atoms with van der Waals surface area (Å²) in [5, 5.41) is 11.3. The van der Waals surface area contributed by atoms with Gasteiger partial charge in [-0.3, -0.25) is 10.1 Å². The Morgan fingerprint density at radius 3 is 2.67 bits per heavy atom. The van der Waals surface area contributed by atoms with E-state index in [1.54, 1.807) is 13.8 Å². The molecule has 1 aromatic heterocycles. The van der Waals surface area contributed by atoms with Gasteiger partial charge in [-0.2, -0.15) is 0 Å². The zero-order valence-electron chi connectivity index (χ0n) is 13.8. The summed E-state index contributed by atoms with van der Waals surface area (Å²) in [5.41, 5.74) is 1.64. The molecule has 0 bridgehead atoms. The minimum absolute atomic E-state index is 0.167. The first-order valence-corrected chi connectivity index (χ1v) is 7.56. The maximum atomic E-state index is 11.3. The van der Waals surface area contributed by atoms with Gasteiger partial charge in [0.1, 0.15) is 11.8 Å². The minimum atomic E-state index is -0.496. The lowest BCUT2D eigenvalue weighted by atomic mass is 10.2. The van der Waals surface area contributed by atoms with E-state index in [0.717, 1.165) is 5.56 Å². The molecule has 0 aliphatic carbocycles. The molecule has 0 N–H and O–H groups in total. The minimum Gasteiger partial charge on any atom is -0.481 e. The van der Waals surface area contributed by atoms with Crippen molar-refractivity contribution in [2.45, 2.75) is 26.6 Å². The second kappa shape index (κ2) is 8.21. The fourth-order valence-corrected chi connectivity index (χ4v) is 2.19. The molecule has 6 heteroatoms. The lowest BCUT2D eigenvalue weighted by molar-refractivity contribution is -0.386. The number of benzene rings is 1. The molecule has 24 heavy (non-hydrogen) atoms. The molecular weight excluding hydrogens is 308 g/mol. The van der Waals surface area contributed by atoms with Crippen LogP contribution in [0.15, 0.2) is 49.2 Å². The van der Waals surface area contributed by atoms with Crippen molar-refractivity contribution in [2.24, 2.45) is 0 Å². The third-order valence-corrected chi connectivity index (χ3v) is 3.27. The molecule has 0 fully saturated rings. The average molecular weight is 328 g/mol. The molecule has 0 saturated heterocycles. The monoisotopic (exact) mass is 328 g/mol. The van der Waals surface area contributed by atoms with Crippen molar-refractivity contribution >= 4 is 11.3 Å². The average Bonchev–Trinajstić information content (AvgIpc) is 2.55. The van der Waals surface area contributed by atoms with Gasteiger partial charge in [0.05, 0.1) is 18.1 Å². The first kappa shape index (κ1) is 17.6. The molecule has 0 saturated carbocycles. The van der Waals surface area contributed by atoms with Crippen LogP contribution in [0.2, 0.25) is 0 Å². The summed E-state index contributed by atoms with van der Waals surface area (Å²) in [6.07, 6.45) is 1.14. The van der Waals surface area contributed by atoms with Crippen LogP contribution in [-0.4, -0.2) is 22.6 Å². The Labute approximate surface area is 140 Å². The molecular formula is C18H20N2O4. The predicted molar refractivity (Wildman–Crippen MR) is 91.8 cm³/mol. The van der Waals surface area contributed by atoms with Gasteiger partial charge in [0, 0.05) is 12.3 Å². The number of nitro groups is 1. The highest BCUT2D eigenvalue weighted by molar-refractivity contribution is 5.70. The number of pyridine rings is 1. The molecule has 2 aromatic rings. The third-order valence-electron chi connectivity index (χ3n) is 3.27. The summed E-state index contributed by atoms with van der Waals surface area (Å²) in [6.45, 7) is 7.98. The van der Waals surface area contributed by atoms with Crippen LogP contribution in [0.4, 0.5) is 5.69 Å². The lowest BCUT2D eigenvalue weighted by Gasteiger charge is -2.16. The van der Waals surface area contributed by atoms with Gasteiger partial charge in [-0.15, -0.1) is 0 Å². The molecule has 0 spiro atoms. The second-order valence-electron chi connectivity index (χ2n) is 5.47. The molecule has 126 valence electrons. The smallest absolute Gasteiger partial charge is 0.336 e. The number of ether oxygens (including phenoxy) is 2. The van der Waals surface area contributed by atoms with Gasteiger partial charge in [0.25, 0.3) is 0 Å². The molecule has 0 radical (unpaired) electrons. The van der Waals surface area contributed by atoms with E-state index in [0.29, 0.717) is 18.8 Å². The Morgan fingerprint density at radius 1 is 1.33 bits per heavy atom. The SMILES string of the molecule is C=C(C)c1nccc(O[C@H](C)COCc2ccccc2)c1[N+](=O)[O-]. The van der Waals surface area contributed by atoms with E-state index in [4.69, 9.17) is 9.47 Å². The van der Waals surface area contributed by atoms with Crippen LogP contribution >= 0.6 is 0 Å². The van der Waals surface area contributed by atoms with Crippen molar-refractivity contribution < 1.29 is 14.4 Å². The molecule has 2 rings (SSSR count). The van der Waals surface area contributed by atoms with Gasteiger partial charge in [-0.1, -0.05) is 36.9 Å². The third kappa shape index (κ3) is 4.63. The first-order chi connectivity index (χ1) is 11.5. The fourth-order valence-electron chi connectivity index (χ4n) is 2.19. The summed E-state index contributed by atoms with van der Waals surface area (Å²) >= 11 is 0. The maximum Gasteiger partial charge on any atom is 0.336 e. The Kier molecular flexibility index (Phi) is 6.03. The number of aromatic nitrogens is 1. The van der Waals surface area contributed by atoms with Gasteiger partial charge >= 0.3 is 5.69 Å². The number of hydrogen-bond donors (Lipinski definition) is 0. The van der Waals surface area contributed by atoms with Crippen molar-refractivity contribution in [3.05, 3.63) is 70.5 Å². The lowest BCUT2D eigenvalue weighted by Crippen LogP contribution is -2.20. The van der Waals surface area contributed by atoms with E-state index in [1.807, 2.05) is 30.3 Å². The Morgan fingerprint density at radius 2 is 2.04 bits per heavy atom. The van der Waals surface area contributed by atoms with E-state index < -0.39 is 4.92 Å². The fraction of sp³-hybridized carbons (Fsp3) is 0.278. The molecule has 1 heterocycles. The molecule has 0 aliphatic heterocycles. The van der Waals surface area contributed by atoms with Crippen LogP contribution in [0.1, 0.15) is 25.1 Å². The van der Waals surface area contributed by atoms with Crippen molar-refractivity contribution in [3.8, 4) is 5.75 Å². The van der Waals surface area contributed by atoms with Crippen LogP contribution in [0, 0.1) is 10.1 Å². The quantitative estimate of drug-likeness (QED) is 0.541. The van der Waals surface area contributed by atoms with Gasteiger partial charge in [-0.25, -0.2) is 4.98 Å². The van der Waals surface area contributed by atoms with E-state index in [-0.39, 0.29) is 23.2 Å². The van der Waals surface area contributed by atoms with Crippen LogP contribution in [-0.2, 0) is 11.3 Å². The first-order valence-electron chi connectivity index (χ1n) is 7.56. The summed E-state index contributed by atoms with van der Waals surface area (Å²) < 4.78 is 11.3. The van der Waals surface area contributed by atoms with E-state index >= 15 is 0 Å².